The molecule has 1 N–H and O–H groups in total. The second kappa shape index (κ2) is 4.97. The molecule has 6 heteroatoms. The highest BCUT2D eigenvalue weighted by Crippen LogP contribution is 2.21. The zero-order valence-corrected chi connectivity index (χ0v) is 10.6. The summed E-state index contributed by atoms with van der Waals surface area (Å²) in [5.74, 6) is -1.34. The van der Waals surface area contributed by atoms with Crippen molar-refractivity contribution in [2.75, 3.05) is 19.8 Å². The molecule has 0 radical (unpaired) electrons. The molecule has 0 aliphatic carbocycles. The molecule has 1 fully saturated rings. The molecule has 0 unspecified atom stereocenters. The summed E-state index contributed by atoms with van der Waals surface area (Å²) in [5.41, 5.74) is 0.607. The van der Waals surface area contributed by atoms with Crippen molar-refractivity contribution in [3.8, 4) is 0 Å². The summed E-state index contributed by atoms with van der Waals surface area (Å²) in [7, 11) is 0. The number of rotatable bonds is 2. The number of carbonyl (C=O) groups excluding carboxylic acids is 1. The molecule has 1 aliphatic rings. The number of para-hydroxylation sites is 1. The number of carboxylic acids is 1. The molecule has 20 heavy (non-hydrogen) atoms. The Labute approximate surface area is 114 Å². The van der Waals surface area contributed by atoms with Gasteiger partial charge in [-0.3, -0.25) is 4.79 Å². The normalized spacial score (nSPS) is 19.2. The maximum Gasteiger partial charge on any atom is 0.328 e. The van der Waals surface area contributed by atoms with E-state index in [0.29, 0.717) is 12.2 Å². The van der Waals surface area contributed by atoms with E-state index in [0.717, 1.165) is 5.39 Å². The Balaban J connectivity index is 1.92. The average molecular weight is 275 g/mol. The van der Waals surface area contributed by atoms with Crippen LogP contribution >= 0.6 is 0 Å². The summed E-state index contributed by atoms with van der Waals surface area (Å²) < 4.78 is 10.6. The molecule has 104 valence electrons. The lowest BCUT2D eigenvalue weighted by molar-refractivity contribution is -0.147. The van der Waals surface area contributed by atoms with Crippen LogP contribution in [0.1, 0.15) is 10.6 Å². The molecule has 3 rings (SSSR count). The number of hydrogen-bond acceptors (Lipinski definition) is 4. The van der Waals surface area contributed by atoms with Crippen LogP contribution in [0, 0.1) is 0 Å². The quantitative estimate of drug-likeness (QED) is 0.895. The van der Waals surface area contributed by atoms with Gasteiger partial charge in [0.25, 0.3) is 5.91 Å². The summed E-state index contributed by atoms with van der Waals surface area (Å²) in [6.45, 7) is 0.573. The van der Waals surface area contributed by atoms with Crippen molar-refractivity contribution in [1.29, 1.82) is 0 Å². The molecule has 1 atom stereocenters. The molecule has 1 saturated heterocycles. The molecule has 0 saturated carbocycles. The first kappa shape index (κ1) is 12.7. The van der Waals surface area contributed by atoms with Gasteiger partial charge in [0, 0.05) is 11.9 Å². The van der Waals surface area contributed by atoms with E-state index < -0.39 is 17.9 Å². The van der Waals surface area contributed by atoms with Crippen molar-refractivity contribution >= 4 is 22.8 Å². The summed E-state index contributed by atoms with van der Waals surface area (Å²) >= 11 is 0. The second-order valence-electron chi connectivity index (χ2n) is 4.58. The van der Waals surface area contributed by atoms with Crippen LogP contribution in [0.5, 0.6) is 0 Å². The lowest BCUT2D eigenvalue weighted by atomic mass is 10.2. The molecular weight excluding hydrogens is 262 g/mol. The molecular formula is C14H13NO5. The van der Waals surface area contributed by atoms with Crippen LogP contribution in [0.2, 0.25) is 0 Å². The Morgan fingerprint density at radius 3 is 2.85 bits per heavy atom. The Hall–Kier alpha value is -2.34. The molecule has 1 aromatic carbocycles. The summed E-state index contributed by atoms with van der Waals surface area (Å²) in [4.78, 5) is 24.8. The number of furan rings is 1. The SMILES string of the molecule is O=C(O)[C@H]1COCCN1C(=O)c1cc2ccccc2o1. The number of ether oxygens (including phenoxy) is 1. The summed E-state index contributed by atoms with van der Waals surface area (Å²) in [6, 6.07) is 7.93. The predicted molar refractivity (Wildman–Crippen MR) is 69.5 cm³/mol. The minimum absolute atomic E-state index is 0.00129. The van der Waals surface area contributed by atoms with E-state index in [1.807, 2.05) is 18.2 Å². The van der Waals surface area contributed by atoms with Crippen LogP contribution in [-0.4, -0.2) is 47.7 Å². The third-order valence-electron chi connectivity index (χ3n) is 3.31. The van der Waals surface area contributed by atoms with E-state index in [1.54, 1.807) is 12.1 Å². The summed E-state index contributed by atoms with van der Waals surface area (Å²) in [5, 5.41) is 9.96. The lowest BCUT2D eigenvalue weighted by Crippen LogP contribution is -2.52. The Morgan fingerprint density at radius 1 is 1.30 bits per heavy atom. The van der Waals surface area contributed by atoms with Gasteiger partial charge >= 0.3 is 5.97 Å². The standard InChI is InChI=1S/C14H13NO5/c16-13(15-5-6-19-8-10(15)14(17)18)12-7-9-3-1-2-4-11(9)20-12/h1-4,7,10H,5-6,8H2,(H,17,18)/t10-/m1/s1. The van der Waals surface area contributed by atoms with E-state index in [9.17, 15) is 9.59 Å². The van der Waals surface area contributed by atoms with Crippen LogP contribution in [0.4, 0.5) is 0 Å². The van der Waals surface area contributed by atoms with Crippen LogP contribution < -0.4 is 0 Å². The van der Waals surface area contributed by atoms with Gasteiger partial charge in [-0.15, -0.1) is 0 Å². The third-order valence-corrected chi connectivity index (χ3v) is 3.31. The van der Waals surface area contributed by atoms with Crippen LogP contribution in [0.25, 0.3) is 11.0 Å². The predicted octanol–water partition coefficient (Wildman–Crippen LogP) is 1.36. The first-order valence-corrected chi connectivity index (χ1v) is 6.27. The van der Waals surface area contributed by atoms with Gasteiger partial charge in [0.05, 0.1) is 13.2 Å². The van der Waals surface area contributed by atoms with Gasteiger partial charge in [-0.25, -0.2) is 4.79 Å². The fraction of sp³-hybridized carbons (Fsp3) is 0.286. The van der Waals surface area contributed by atoms with E-state index in [-0.39, 0.29) is 18.9 Å². The van der Waals surface area contributed by atoms with Crippen molar-refractivity contribution in [2.24, 2.45) is 0 Å². The smallest absolute Gasteiger partial charge is 0.328 e. The van der Waals surface area contributed by atoms with Crippen LogP contribution in [0.15, 0.2) is 34.7 Å². The van der Waals surface area contributed by atoms with Crippen LogP contribution in [-0.2, 0) is 9.53 Å². The van der Waals surface area contributed by atoms with Crippen LogP contribution in [0.3, 0.4) is 0 Å². The molecule has 2 heterocycles. The number of morpholine rings is 1. The van der Waals surface area contributed by atoms with E-state index in [2.05, 4.69) is 0 Å². The molecule has 2 aromatic rings. The van der Waals surface area contributed by atoms with Crippen molar-refractivity contribution in [3.63, 3.8) is 0 Å². The fourth-order valence-corrected chi connectivity index (χ4v) is 2.28. The van der Waals surface area contributed by atoms with Gasteiger partial charge in [-0.2, -0.15) is 0 Å². The van der Waals surface area contributed by atoms with Gasteiger partial charge in [-0.05, 0) is 12.1 Å². The first-order chi connectivity index (χ1) is 9.66. The second-order valence-corrected chi connectivity index (χ2v) is 4.58. The van der Waals surface area contributed by atoms with Gasteiger partial charge in [0.1, 0.15) is 5.58 Å². The number of fused-ring (bicyclic) bond motifs is 1. The van der Waals surface area contributed by atoms with E-state index in [4.69, 9.17) is 14.3 Å². The Kier molecular flexibility index (Phi) is 3.15. The van der Waals surface area contributed by atoms with Crippen molar-refractivity contribution in [2.45, 2.75) is 6.04 Å². The third kappa shape index (κ3) is 2.14. The first-order valence-electron chi connectivity index (χ1n) is 6.27. The maximum absolute atomic E-state index is 12.4. The van der Waals surface area contributed by atoms with Gasteiger partial charge in [0.2, 0.25) is 0 Å². The van der Waals surface area contributed by atoms with Crippen molar-refractivity contribution in [3.05, 3.63) is 36.1 Å². The number of hydrogen-bond donors (Lipinski definition) is 1. The average Bonchev–Trinajstić information content (AvgIpc) is 2.90. The van der Waals surface area contributed by atoms with Gasteiger partial charge < -0.3 is 19.2 Å². The van der Waals surface area contributed by atoms with Gasteiger partial charge in [-0.1, -0.05) is 18.2 Å². The van der Waals surface area contributed by atoms with Crippen molar-refractivity contribution < 1.29 is 23.8 Å². The monoisotopic (exact) mass is 275 g/mol. The number of nitrogens with zero attached hydrogens (tertiary/aromatic N) is 1. The zero-order chi connectivity index (χ0) is 14.1. The highest BCUT2D eigenvalue weighted by Gasteiger charge is 2.34. The number of carbonyl (C=O) groups is 2. The Morgan fingerprint density at radius 2 is 2.10 bits per heavy atom. The van der Waals surface area contributed by atoms with E-state index in [1.165, 1.54) is 4.90 Å². The van der Waals surface area contributed by atoms with E-state index >= 15 is 0 Å². The van der Waals surface area contributed by atoms with Gasteiger partial charge in [0.15, 0.2) is 11.8 Å². The number of aliphatic carboxylic acids is 1. The number of carboxylic acid groups (broad SMARTS) is 1. The van der Waals surface area contributed by atoms with Crippen molar-refractivity contribution in [1.82, 2.24) is 4.90 Å². The number of amides is 1. The minimum atomic E-state index is -1.07. The molecule has 1 aromatic heterocycles. The molecule has 0 spiro atoms. The Bertz CT molecular complexity index is 629. The largest absolute Gasteiger partial charge is 0.480 e. The molecule has 6 nitrogen and oxygen atoms in total. The number of benzene rings is 1. The molecule has 1 amide bonds. The summed E-state index contributed by atoms with van der Waals surface area (Å²) in [6.07, 6.45) is 0. The lowest BCUT2D eigenvalue weighted by Gasteiger charge is -2.32. The molecule has 0 bridgehead atoms. The maximum atomic E-state index is 12.4. The fourth-order valence-electron chi connectivity index (χ4n) is 2.28. The minimum Gasteiger partial charge on any atom is -0.480 e. The highest BCUT2D eigenvalue weighted by atomic mass is 16.5. The topological polar surface area (TPSA) is 80.0 Å². The highest BCUT2D eigenvalue weighted by molar-refractivity contribution is 5.98. The molecule has 1 aliphatic heterocycles. The zero-order valence-electron chi connectivity index (χ0n) is 10.6.